The lowest BCUT2D eigenvalue weighted by Gasteiger charge is -2.60. The molecule has 1 aromatic carbocycles. The summed E-state index contributed by atoms with van der Waals surface area (Å²) in [6.45, 7) is 5.13. The molecule has 0 heterocycles. The second-order valence-corrected chi connectivity index (χ2v) is 13.4. The van der Waals surface area contributed by atoms with Gasteiger partial charge in [-0.15, -0.1) is 0 Å². The van der Waals surface area contributed by atoms with Crippen LogP contribution in [0, 0.1) is 34.5 Å². The summed E-state index contributed by atoms with van der Waals surface area (Å²) in [7, 11) is -3.16. The first-order valence-electron chi connectivity index (χ1n) is 12.2. The van der Waals surface area contributed by atoms with E-state index in [9.17, 15) is 8.42 Å². The molecule has 4 aliphatic rings. The summed E-state index contributed by atoms with van der Waals surface area (Å²) in [6.07, 6.45) is 15.3. The summed E-state index contributed by atoms with van der Waals surface area (Å²) in [4.78, 5) is 0.364. The molecular weight excluding hydrogens is 392 g/mol. The smallest absolute Gasteiger partial charge is 0.175 e. The number of fused-ring (bicyclic) bond motifs is 5. The van der Waals surface area contributed by atoms with Crippen LogP contribution in [-0.2, 0) is 9.84 Å². The first-order valence-corrected chi connectivity index (χ1v) is 14.1. The molecule has 166 valence electrons. The van der Waals surface area contributed by atoms with Gasteiger partial charge in [0.25, 0.3) is 0 Å². The van der Waals surface area contributed by atoms with Crippen molar-refractivity contribution in [3.63, 3.8) is 0 Å². The Morgan fingerprint density at radius 1 is 0.833 bits per heavy atom. The maximum Gasteiger partial charge on any atom is 0.175 e. The highest BCUT2D eigenvalue weighted by Crippen LogP contribution is 2.66. The fourth-order valence-corrected chi connectivity index (χ4v) is 9.00. The molecule has 0 N–H and O–H groups in total. The Morgan fingerprint density at radius 3 is 2.30 bits per heavy atom. The molecule has 4 fully saturated rings. The molecular formula is C26H38O3S. The van der Waals surface area contributed by atoms with Crippen molar-refractivity contribution in [2.45, 2.75) is 89.1 Å². The van der Waals surface area contributed by atoms with Crippen molar-refractivity contribution < 1.29 is 13.2 Å². The third-order valence-corrected chi connectivity index (χ3v) is 11.2. The van der Waals surface area contributed by atoms with Gasteiger partial charge in [0.05, 0.1) is 4.90 Å². The SMILES string of the molecule is C[C@]12CCCCC1CC[C@@H]1[C@H]2CC[C@]2(C)C(Oc3ccc(S(C)(=O)=O)cc3)CC[C@@H]12. The summed E-state index contributed by atoms with van der Waals surface area (Å²) >= 11 is 0. The minimum Gasteiger partial charge on any atom is -0.490 e. The zero-order valence-corrected chi connectivity index (χ0v) is 19.7. The van der Waals surface area contributed by atoms with Crippen molar-refractivity contribution >= 4 is 9.84 Å². The molecule has 30 heavy (non-hydrogen) atoms. The van der Waals surface area contributed by atoms with E-state index in [1.165, 1.54) is 64.0 Å². The number of hydrogen-bond donors (Lipinski definition) is 0. The van der Waals surface area contributed by atoms with E-state index in [4.69, 9.17) is 4.74 Å². The Kier molecular flexibility index (Phi) is 5.04. The van der Waals surface area contributed by atoms with Crippen LogP contribution < -0.4 is 4.74 Å². The molecule has 0 aromatic heterocycles. The molecule has 4 aliphatic carbocycles. The van der Waals surface area contributed by atoms with Crippen LogP contribution in [0.1, 0.15) is 78.1 Å². The highest BCUT2D eigenvalue weighted by Gasteiger charge is 2.60. The molecule has 3 nitrogen and oxygen atoms in total. The average molecular weight is 431 g/mol. The summed E-state index contributed by atoms with van der Waals surface area (Å²) in [5, 5.41) is 0. The van der Waals surface area contributed by atoms with Gasteiger partial charge in [0.2, 0.25) is 0 Å². The quantitative estimate of drug-likeness (QED) is 0.567. The minimum atomic E-state index is -3.16. The van der Waals surface area contributed by atoms with Crippen molar-refractivity contribution in [1.82, 2.24) is 0 Å². The Hall–Kier alpha value is -1.03. The molecule has 4 heteroatoms. The largest absolute Gasteiger partial charge is 0.490 e. The van der Waals surface area contributed by atoms with Crippen LogP contribution in [0.4, 0.5) is 0 Å². The van der Waals surface area contributed by atoms with Gasteiger partial charge in [0, 0.05) is 11.7 Å². The van der Waals surface area contributed by atoms with Gasteiger partial charge >= 0.3 is 0 Å². The summed E-state index contributed by atoms with van der Waals surface area (Å²) < 4.78 is 30.0. The standard InChI is InChI=1S/C26H38O3S/c1-25-16-5-4-6-18(25)7-12-21-22-13-14-24(26(22,2)17-15-23(21)25)29-19-8-10-20(11-9-19)30(3,27)28/h8-11,18,21-24H,4-7,12-17H2,1-3H3/t18?,21-,22-,23+,24?,25-,26-/m0/s1. The van der Waals surface area contributed by atoms with E-state index in [0.29, 0.717) is 10.3 Å². The zero-order valence-electron chi connectivity index (χ0n) is 18.9. The van der Waals surface area contributed by atoms with E-state index in [1.54, 1.807) is 12.1 Å². The molecule has 0 saturated heterocycles. The van der Waals surface area contributed by atoms with Gasteiger partial charge in [-0.3, -0.25) is 0 Å². The highest BCUT2D eigenvalue weighted by atomic mass is 32.2. The third kappa shape index (κ3) is 3.24. The van der Waals surface area contributed by atoms with Crippen LogP contribution in [0.15, 0.2) is 29.2 Å². The van der Waals surface area contributed by atoms with E-state index in [-0.39, 0.29) is 11.5 Å². The number of rotatable bonds is 3. The number of benzene rings is 1. The van der Waals surface area contributed by atoms with Gasteiger partial charge < -0.3 is 4.74 Å². The lowest BCUT2D eigenvalue weighted by Crippen LogP contribution is -2.53. The molecule has 0 radical (unpaired) electrons. The van der Waals surface area contributed by atoms with Gasteiger partial charge in [-0.25, -0.2) is 8.42 Å². The second kappa shape index (κ2) is 7.25. The number of sulfone groups is 1. The fourth-order valence-electron chi connectivity index (χ4n) is 8.37. The maximum absolute atomic E-state index is 11.7. The molecule has 0 aliphatic heterocycles. The van der Waals surface area contributed by atoms with Crippen molar-refractivity contribution in [1.29, 1.82) is 0 Å². The van der Waals surface area contributed by atoms with Crippen molar-refractivity contribution in [2.24, 2.45) is 34.5 Å². The van der Waals surface area contributed by atoms with Crippen LogP contribution >= 0.6 is 0 Å². The van der Waals surface area contributed by atoms with Crippen LogP contribution in [0.2, 0.25) is 0 Å². The molecule has 7 atom stereocenters. The van der Waals surface area contributed by atoms with Gasteiger partial charge in [-0.1, -0.05) is 26.7 Å². The first kappa shape index (κ1) is 20.8. The Balaban J connectivity index is 1.34. The molecule has 0 spiro atoms. The normalized spacial score (nSPS) is 43.4. The Labute approximate surface area is 182 Å². The van der Waals surface area contributed by atoms with Crippen LogP contribution in [0.3, 0.4) is 0 Å². The third-order valence-electron chi connectivity index (χ3n) is 10.0. The minimum absolute atomic E-state index is 0.254. The first-order chi connectivity index (χ1) is 14.2. The Bertz CT molecular complexity index is 891. The molecule has 0 bridgehead atoms. The summed E-state index contributed by atoms with van der Waals surface area (Å²) in [5.41, 5.74) is 0.845. The molecule has 1 aromatic rings. The van der Waals surface area contributed by atoms with E-state index in [0.717, 1.165) is 35.8 Å². The highest BCUT2D eigenvalue weighted by molar-refractivity contribution is 7.90. The molecule has 0 amide bonds. The van der Waals surface area contributed by atoms with Crippen molar-refractivity contribution in [3.8, 4) is 5.75 Å². The summed E-state index contributed by atoms with van der Waals surface area (Å²) in [5.74, 6) is 4.38. The summed E-state index contributed by atoms with van der Waals surface area (Å²) in [6, 6.07) is 7.04. The van der Waals surface area contributed by atoms with Gasteiger partial charge in [-0.2, -0.15) is 0 Å². The van der Waals surface area contributed by atoms with E-state index >= 15 is 0 Å². The predicted molar refractivity (Wildman–Crippen MR) is 120 cm³/mol. The van der Waals surface area contributed by atoms with E-state index < -0.39 is 9.84 Å². The van der Waals surface area contributed by atoms with Crippen LogP contribution in [0.25, 0.3) is 0 Å². The second-order valence-electron chi connectivity index (χ2n) is 11.4. The Morgan fingerprint density at radius 2 is 1.57 bits per heavy atom. The number of hydrogen-bond acceptors (Lipinski definition) is 3. The zero-order chi connectivity index (χ0) is 21.1. The predicted octanol–water partition coefficient (Wildman–Crippen LogP) is 6.27. The van der Waals surface area contributed by atoms with E-state index in [2.05, 4.69) is 13.8 Å². The lowest BCUT2D eigenvalue weighted by molar-refractivity contribution is -0.117. The van der Waals surface area contributed by atoms with Crippen molar-refractivity contribution in [3.05, 3.63) is 24.3 Å². The van der Waals surface area contributed by atoms with Crippen LogP contribution in [-0.4, -0.2) is 20.8 Å². The van der Waals surface area contributed by atoms with Gasteiger partial charge in [0.15, 0.2) is 9.84 Å². The molecule has 2 unspecified atom stereocenters. The van der Waals surface area contributed by atoms with Crippen molar-refractivity contribution in [2.75, 3.05) is 6.26 Å². The monoisotopic (exact) mass is 430 g/mol. The molecule has 4 saturated carbocycles. The van der Waals surface area contributed by atoms with Gasteiger partial charge in [0.1, 0.15) is 11.9 Å². The topological polar surface area (TPSA) is 43.4 Å². The fraction of sp³-hybridized carbons (Fsp3) is 0.769. The van der Waals surface area contributed by atoms with Gasteiger partial charge in [-0.05, 0) is 105 Å². The molecule has 5 rings (SSSR count). The maximum atomic E-state index is 11.7. The lowest BCUT2D eigenvalue weighted by atomic mass is 9.45. The number of ether oxygens (including phenoxy) is 1. The van der Waals surface area contributed by atoms with E-state index in [1.807, 2.05) is 12.1 Å². The van der Waals surface area contributed by atoms with Crippen LogP contribution in [0.5, 0.6) is 5.75 Å². The average Bonchev–Trinajstić information content (AvgIpc) is 3.03.